The van der Waals surface area contributed by atoms with E-state index in [0.29, 0.717) is 17.5 Å². The fourth-order valence-corrected chi connectivity index (χ4v) is 6.14. The molecule has 0 spiro atoms. The summed E-state index contributed by atoms with van der Waals surface area (Å²) in [6.45, 7) is 8.44. The second-order valence-electron chi connectivity index (χ2n) is 12.0. The minimum atomic E-state index is -0.0586. The van der Waals surface area contributed by atoms with Gasteiger partial charge in [0.1, 0.15) is 11.2 Å². The molecule has 0 saturated heterocycles. The smallest absolute Gasteiger partial charge is 0.246 e. The summed E-state index contributed by atoms with van der Waals surface area (Å²) in [6.07, 6.45) is 20.2. The molecule has 2 aliphatic rings. The van der Waals surface area contributed by atoms with E-state index in [0.717, 1.165) is 59.2 Å². The Kier molecular flexibility index (Phi) is 13.5. The number of carbonyl (C=O) groups is 1. The van der Waals surface area contributed by atoms with Gasteiger partial charge in [0, 0.05) is 48.1 Å². The van der Waals surface area contributed by atoms with Crippen molar-refractivity contribution in [3.05, 3.63) is 53.9 Å². The molecule has 1 aliphatic heterocycles. The van der Waals surface area contributed by atoms with Gasteiger partial charge in [-0.25, -0.2) is 9.98 Å². The van der Waals surface area contributed by atoms with Crippen molar-refractivity contribution in [3.63, 3.8) is 0 Å². The zero-order valence-corrected chi connectivity index (χ0v) is 27.0. The van der Waals surface area contributed by atoms with Gasteiger partial charge in [-0.15, -0.1) is 0 Å². The van der Waals surface area contributed by atoms with Crippen LogP contribution in [-0.4, -0.2) is 24.0 Å². The highest BCUT2D eigenvalue weighted by Crippen LogP contribution is 2.31. The minimum absolute atomic E-state index is 0.0586. The molecular formula is C38H53N3O2. The molecule has 4 rings (SSSR count). The Morgan fingerprint density at radius 2 is 1.30 bits per heavy atom. The molecule has 1 heterocycles. The van der Waals surface area contributed by atoms with Gasteiger partial charge in [-0.2, -0.15) is 0 Å². The second kappa shape index (κ2) is 17.8. The van der Waals surface area contributed by atoms with E-state index in [4.69, 9.17) is 9.40 Å². The molecule has 5 nitrogen and oxygen atoms in total. The SMILES string of the molecule is CCCCCCCCCCCCCCCCCC(=O)N=c1cc2oc3cc(N(CC)CC)ccc3nc-2c2ccccc12. The molecule has 0 fully saturated rings. The summed E-state index contributed by atoms with van der Waals surface area (Å²) in [5, 5.41) is 2.55. The van der Waals surface area contributed by atoms with Gasteiger partial charge in [0.05, 0.1) is 5.36 Å². The van der Waals surface area contributed by atoms with Crippen molar-refractivity contribution in [1.29, 1.82) is 0 Å². The first-order valence-electron chi connectivity index (χ1n) is 17.2. The van der Waals surface area contributed by atoms with Crippen LogP contribution >= 0.6 is 0 Å². The quantitative estimate of drug-likeness (QED) is 0.0626. The van der Waals surface area contributed by atoms with E-state index < -0.39 is 0 Å². The number of anilines is 1. The standard InChI is InChI=1S/C38H53N3O2/c1-4-7-8-9-10-11-12-13-14-15-16-17-18-19-20-25-37(42)39-34-29-36-38(32-24-22-21-23-31(32)34)40-33-27-26-30(28-35(33)43-36)41(5-2)6-3/h21-24,26-29H,4-20,25H2,1-3H3. The number of hydrogen-bond donors (Lipinski definition) is 0. The number of nitrogens with zero attached hydrogens (tertiary/aromatic N) is 3. The van der Waals surface area contributed by atoms with Crippen molar-refractivity contribution >= 4 is 33.5 Å². The summed E-state index contributed by atoms with van der Waals surface area (Å²) in [5.74, 6) is 0.596. The average Bonchev–Trinajstić information content (AvgIpc) is 3.02. The molecule has 43 heavy (non-hydrogen) atoms. The molecule has 0 radical (unpaired) electrons. The fraction of sp³-hybridized carbons (Fsp3) is 0.553. The van der Waals surface area contributed by atoms with Gasteiger partial charge in [0.25, 0.3) is 0 Å². The van der Waals surface area contributed by atoms with Crippen molar-refractivity contribution in [2.75, 3.05) is 18.0 Å². The maximum Gasteiger partial charge on any atom is 0.246 e. The van der Waals surface area contributed by atoms with E-state index in [1.807, 2.05) is 36.4 Å². The first-order valence-corrected chi connectivity index (χ1v) is 17.2. The van der Waals surface area contributed by atoms with Crippen LogP contribution in [0, 0.1) is 0 Å². The zero-order valence-electron chi connectivity index (χ0n) is 27.0. The number of carbonyl (C=O) groups excluding carboxylic acids is 1. The van der Waals surface area contributed by atoms with Crippen molar-refractivity contribution in [1.82, 2.24) is 4.98 Å². The first-order chi connectivity index (χ1) is 21.1. The van der Waals surface area contributed by atoms with Crippen LogP contribution in [-0.2, 0) is 4.79 Å². The lowest BCUT2D eigenvalue weighted by Crippen LogP contribution is -2.21. The molecule has 1 amide bonds. The van der Waals surface area contributed by atoms with Gasteiger partial charge in [-0.1, -0.05) is 121 Å². The number of amides is 1. The van der Waals surface area contributed by atoms with Gasteiger partial charge in [-0.05, 0) is 32.4 Å². The first kappa shape index (κ1) is 32.7. The number of fused-ring (bicyclic) bond motifs is 4. The van der Waals surface area contributed by atoms with Crippen LogP contribution in [0.15, 0.2) is 57.9 Å². The number of rotatable bonds is 19. The van der Waals surface area contributed by atoms with Crippen LogP contribution in [0.2, 0.25) is 0 Å². The van der Waals surface area contributed by atoms with Crippen LogP contribution in [0.3, 0.4) is 0 Å². The maximum atomic E-state index is 12.9. The van der Waals surface area contributed by atoms with E-state index in [1.165, 1.54) is 83.5 Å². The van der Waals surface area contributed by atoms with Crippen LogP contribution in [0.25, 0.3) is 33.3 Å². The Morgan fingerprint density at radius 1 is 0.721 bits per heavy atom. The third-order valence-electron chi connectivity index (χ3n) is 8.72. The van der Waals surface area contributed by atoms with Crippen LogP contribution in [0.1, 0.15) is 124 Å². The fourth-order valence-electron chi connectivity index (χ4n) is 6.14. The van der Waals surface area contributed by atoms with E-state index in [9.17, 15) is 4.79 Å². The largest absolute Gasteiger partial charge is 0.453 e. The van der Waals surface area contributed by atoms with Crippen molar-refractivity contribution < 1.29 is 9.21 Å². The molecule has 2 aromatic rings. The lowest BCUT2D eigenvalue weighted by molar-refractivity contribution is -0.118. The second-order valence-corrected chi connectivity index (χ2v) is 12.0. The molecule has 0 saturated carbocycles. The third kappa shape index (κ3) is 9.64. The van der Waals surface area contributed by atoms with Gasteiger partial charge in [-0.3, -0.25) is 4.79 Å². The molecule has 232 valence electrons. The predicted octanol–water partition coefficient (Wildman–Crippen LogP) is 10.6. The summed E-state index contributed by atoms with van der Waals surface area (Å²) >= 11 is 0. The predicted molar refractivity (Wildman–Crippen MR) is 182 cm³/mol. The van der Waals surface area contributed by atoms with Crippen LogP contribution in [0.4, 0.5) is 5.69 Å². The zero-order chi connectivity index (χ0) is 30.3. The van der Waals surface area contributed by atoms with E-state index in [-0.39, 0.29) is 5.91 Å². The van der Waals surface area contributed by atoms with Gasteiger partial charge >= 0.3 is 0 Å². The third-order valence-corrected chi connectivity index (χ3v) is 8.72. The lowest BCUT2D eigenvalue weighted by atomic mass is 10.0. The van der Waals surface area contributed by atoms with E-state index in [1.54, 1.807) is 0 Å². The van der Waals surface area contributed by atoms with E-state index >= 15 is 0 Å². The molecule has 1 aliphatic carbocycles. The Balaban J connectivity index is 1.29. The Bertz CT molecular complexity index is 1450. The van der Waals surface area contributed by atoms with Crippen molar-refractivity contribution in [3.8, 4) is 11.5 Å². The lowest BCUT2D eigenvalue weighted by Gasteiger charge is -2.21. The van der Waals surface area contributed by atoms with Gasteiger partial charge in [0.15, 0.2) is 11.3 Å². The molecule has 2 aromatic carbocycles. The number of benzene rings is 3. The highest BCUT2D eigenvalue weighted by molar-refractivity contribution is 5.97. The summed E-state index contributed by atoms with van der Waals surface area (Å²) in [7, 11) is 0. The normalized spacial score (nSPS) is 12.1. The van der Waals surface area contributed by atoms with Gasteiger partial charge < -0.3 is 9.32 Å². The van der Waals surface area contributed by atoms with Crippen molar-refractivity contribution in [2.24, 2.45) is 4.99 Å². The monoisotopic (exact) mass is 583 g/mol. The summed E-state index contributed by atoms with van der Waals surface area (Å²) in [6, 6.07) is 16.1. The van der Waals surface area contributed by atoms with Crippen molar-refractivity contribution in [2.45, 2.75) is 124 Å². The molecular weight excluding hydrogens is 530 g/mol. The molecule has 0 atom stereocenters. The molecule has 5 heteroatoms. The summed E-state index contributed by atoms with van der Waals surface area (Å²) in [4.78, 5) is 24.7. The molecule has 0 unspecified atom stereocenters. The Labute approximate surface area is 259 Å². The average molecular weight is 584 g/mol. The number of unbranched alkanes of at least 4 members (excludes halogenated alkanes) is 14. The number of aromatic nitrogens is 1. The minimum Gasteiger partial charge on any atom is -0.453 e. The highest BCUT2D eigenvalue weighted by atomic mass is 16.3. The molecule has 0 aromatic heterocycles. The summed E-state index contributed by atoms with van der Waals surface area (Å²) < 4.78 is 6.39. The molecule has 0 bridgehead atoms. The number of hydrogen-bond acceptors (Lipinski definition) is 4. The summed E-state index contributed by atoms with van der Waals surface area (Å²) in [5.41, 5.74) is 3.48. The van der Waals surface area contributed by atoms with Crippen LogP contribution in [0.5, 0.6) is 0 Å². The molecule has 0 N–H and O–H groups in total. The van der Waals surface area contributed by atoms with Crippen LogP contribution < -0.4 is 10.3 Å². The highest BCUT2D eigenvalue weighted by Gasteiger charge is 2.16. The topological polar surface area (TPSA) is 58.7 Å². The van der Waals surface area contributed by atoms with E-state index in [2.05, 4.69) is 42.8 Å². The Morgan fingerprint density at radius 3 is 1.91 bits per heavy atom. The van der Waals surface area contributed by atoms with Gasteiger partial charge in [0.2, 0.25) is 5.91 Å². The Hall–Kier alpha value is -3.21. The maximum absolute atomic E-state index is 12.9.